The van der Waals surface area contributed by atoms with E-state index in [1.165, 1.54) is 47.4 Å². The first-order valence-corrected chi connectivity index (χ1v) is 8.61. The number of nitrogens with zero attached hydrogens (tertiary/aromatic N) is 5. The zero-order valence-corrected chi connectivity index (χ0v) is 15.4. The average Bonchev–Trinajstić information content (AvgIpc) is 3.03. The molecule has 3 heterocycles. The SMILES string of the molecule is Cc1nc2ccc(-c3ccccc3OC(F)(F)F)nn2c1C(=O)Nc1cnccn1. The topological polar surface area (TPSA) is 94.3 Å². The largest absolute Gasteiger partial charge is 0.573 e. The van der Waals surface area contributed by atoms with E-state index in [1.54, 1.807) is 19.1 Å². The van der Waals surface area contributed by atoms with Crippen LogP contribution in [-0.2, 0) is 0 Å². The number of alkyl halides is 3. The molecule has 0 fully saturated rings. The highest BCUT2D eigenvalue weighted by Gasteiger charge is 2.32. The fourth-order valence-electron chi connectivity index (χ4n) is 2.88. The van der Waals surface area contributed by atoms with Gasteiger partial charge in [0.1, 0.15) is 5.75 Å². The Hall–Kier alpha value is -4.02. The lowest BCUT2D eigenvalue weighted by Crippen LogP contribution is -2.18. The molecular weight excluding hydrogens is 401 g/mol. The fraction of sp³-hybridized carbons (Fsp3) is 0.105. The standard InChI is InChI=1S/C19H13F3N6O2/c1-11-17(18(29)26-15-10-23-8-9-24-15)28-16(25-11)7-6-13(27-28)12-4-2-3-5-14(12)30-19(20,21)22/h2-10H,1H3,(H,24,26,29). The molecule has 0 spiro atoms. The summed E-state index contributed by atoms with van der Waals surface area (Å²) in [5.41, 5.74) is 1.15. The van der Waals surface area contributed by atoms with Crippen molar-refractivity contribution in [3.63, 3.8) is 0 Å². The second-order valence-electron chi connectivity index (χ2n) is 6.12. The van der Waals surface area contributed by atoms with Crippen LogP contribution in [0.3, 0.4) is 0 Å². The molecule has 1 N–H and O–H groups in total. The Morgan fingerprint density at radius 2 is 1.93 bits per heavy atom. The zero-order chi connectivity index (χ0) is 21.3. The number of imidazole rings is 1. The van der Waals surface area contributed by atoms with Gasteiger partial charge in [-0.15, -0.1) is 13.2 Å². The van der Waals surface area contributed by atoms with E-state index in [0.717, 1.165) is 0 Å². The van der Waals surface area contributed by atoms with E-state index in [2.05, 4.69) is 30.1 Å². The second kappa shape index (κ2) is 7.43. The molecule has 0 saturated heterocycles. The zero-order valence-electron chi connectivity index (χ0n) is 15.4. The van der Waals surface area contributed by atoms with Gasteiger partial charge in [-0.2, -0.15) is 5.10 Å². The molecule has 11 heteroatoms. The summed E-state index contributed by atoms with van der Waals surface area (Å²) in [5, 5.41) is 6.92. The number of para-hydroxylation sites is 1. The first kappa shape index (κ1) is 19.3. The normalized spacial score (nSPS) is 11.5. The monoisotopic (exact) mass is 414 g/mol. The van der Waals surface area contributed by atoms with Crippen LogP contribution in [0.4, 0.5) is 19.0 Å². The Labute approximate surface area is 167 Å². The average molecular weight is 414 g/mol. The van der Waals surface area contributed by atoms with Crippen LogP contribution >= 0.6 is 0 Å². The van der Waals surface area contributed by atoms with E-state index >= 15 is 0 Å². The van der Waals surface area contributed by atoms with Crippen LogP contribution in [0.5, 0.6) is 5.75 Å². The van der Waals surface area contributed by atoms with Crippen molar-refractivity contribution in [3.05, 3.63) is 66.4 Å². The van der Waals surface area contributed by atoms with E-state index in [-0.39, 0.29) is 22.8 Å². The van der Waals surface area contributed by atoms with Crippen molar-refractivity contribution in [1.82, 2.24) is 24.6 Å². The molecule has 152 valence electrons. The van der Waals surface area contributed by atoms with E-state index in [1.807, 2.05) is 0 Å². The highest BCUT2D eigenvalue weighted by Crippen LogP contribution is 2.32. The molecule has 8 nitrogen and oxygen atoms in total. The molecule has 0 aliphatic rings. The van der Waals surface area contributed by atoms with Gasteiger partial charge < -0.3 is 10.1 Å². The van der Waals surface area contributed by atoms with Crippen LogP contribution in [0, 0.1) is 6.92 Å². The number of halogens is 3. The third-order valence-electron chi connectivity index (χ3n) is 4.06. The molecule has 1 aromatic carbocycles. The number of hydrogen-bond acceptors (Lipinski definition) is 6. The number of aromatic nitrogens is 5. The number of carbonyl (C=O) groups excluding carboxylic acids is 1. The maximum Gasteiger partial charge on any atom is 0.573 e. The predicted molar refractivity (Wildman–Crippen MR) is 99.8 cm³/mol. The van der Waals surface area contributed by atoms with Crippen molar-refractivity contribution in [3.8, 4) is 17.0 Å². The molecule has 0 unspecified atom stereocenters. The molecule has 0 aliphatic heterocycles. The maximum absolute atomic E-state index is 12.8. The number of fused-ring (bicyclic) bond motifs is 1. The van der Waals surface area contributed by atoms with Gasteiger partial charge in [0, 0.05) is 18.0 Å². The van der Waals surface area contributed by atoms with Gasteiger partial charge in [-0.25, -0.2) is 14.5 Å². The summed E-state index contributed by atoms with van der Waals surface area (Å²) in [6.07, 6.45) is -0.595. The van der Waals surface area contributed by atoms with Gasteiger partial charge in [0.15, 0.2) is 17.2 Å². The van der Waals surface area contributed by atoms with Crippen molar-refractivity contribution < 1.29 is 22.7 Å². The van der Waals surface area contributed by atoms with Crippen LogP contribution in [0.1, 0.15) is 16.2 Å². The van der Waals surface area contributed by atoms with Gasteiger partial charge in [0.2, 0.25) is 0 Å². The number of amides is 1. The third kappa shape index (κ3) is 3.90. The predicted octanol–water partition coefficient (Wildman–Crippen LogP) is 3.65. The van der Waals surface area contributed by atoms with E-state index in [0.29, 0.717) is 11.3 Å². The van der Waals surface area contributed by atoms with Crippen LogP contribution in [0.2, 0.25) is 0 Å². The van der Waals surface area contributed by atoms with Crippen molar-refractivity contribution in [2.45, 2.75) is 13.3 Å². The lowest BCUT2D eigenvalue weighted by Gasteiger charge is -2.13. The van der Waals surface area contributed by atoms with Crippen molar-refractivity contribution in [2.24, 2.45) is 0 Å². The first-order valence-electron chi connectivity index (χ1n) is 8.61. The fourth-order valence-corrected chi connectivity index (χ4v) is 2.88. The molecule has 0 saturated carbocycles. The third-order valence-corrected chi connectivity index (χ3v) is 4.06. The van der Waals surface area contributed by atoms with Gasteiger partial charge in [0.05, 0.1) is 17.6 Å². The minimum Gasteiger partial charge on any atom is -0.405 e. The summed E-state index contributed by atoms with van der Waals surface area (Å²) in [7, 11) is 0. The minimum absolute atomic E-state index is 0.114. The Bertz CT molecular complexity index is 1220. The Balaban J connectivity index is 1.77. The molecule has 1 amide bonds. The Morgan fingerprint density at radius 1 is 1.13 bits per heavy atom. The molecule has 3 aromatic heterocycles. The molecule has 0 atom stereocenters. The highest BCUT2D eigenvalue weighted by molar-refractivity contribution is 6.03. The number of benzene rings is 1. The maximum atomic E-state index is 12.8. The number of carbonyl (C=O) groups is 1. The molecule has 4 aromatic rings. The van der Waals surface area contributed by atoms with Crippen LogP contribution in [0.15, 0.2) is 55.0 Å². The lowest BCUT2D eigenvalue weighted by molar-refractivity contribution is -0.274. The Kier molecular flexibility index (Phi) is 4.78. The quantitative estimate of drug-likeness (QED) is 0.548. The lowest BCUT2D eigenvalue weighted by atomic mass is 10.1. The highest BCUT2D eigenvalue weighted by atomic mass is 19.4. The van der Waals surface area contributed by atoms with Gasteiger partial charge in [-0.3, -0.25) is 9.78 Å². The summed E-state index contributed by atoms with van der Waals surface area (Å²) < 4.78 is 43.6. The van der Waals surface area contributed by atoms with Gasteiger partial charge in [-0.05, 0) is 31.2 Å². The van der Waals surface area contributed by atoms with Crippen LogP contribution < -0.4 is 10.1 Å². The van der Waals surface area contributed by atoms with Gasteiger partial charge in [0.25, 0.3) is 5.91 Å². The number of anilines is 1. The molecule has 30 heavy (non-hydrogen) atoms. The first-order chi connectivity index (χ1) is 14.3. The number of nitrogens with one attached hydrogen (secondary N) is 1. The van der Waals surface area contributed by atoms with E-state index in [9.17, 15) is 18.0 Å². The molecule has 0 radical (unpaired) electrons. The molecule has 0 aliphatic carbocycles. The summed E-state index contributed by atoms with van der Waals surface area (Å²) in [4.78, 5) is 24.9. The molecular formula is C19H13F3N6O2. The summed E-state index contributed by atoms with van der Waals surface area (Å²) in [6.45, 7) is 1.63. The van der Waals surface area contributed by atoms with E-state index in [4.69, 9.17) is 0 Å². The smallest absolute Gasteiger partial charge is 0.405 e. The van der Waals surface area contributed by atoms with Crippen LogP contribution in [-0.4, -0.2) is 36.8 Å². The van der Waals surface area contributed by atoms with Crippen molar-refractivity contribution in [2.75, 3.05) is 5.32 Å². The van der Waals surface area contributed by atoms with Crippen molar-refractivity contribution >= 4 is 17.4 Å². The summed E-state index contributed by atoms with van der Waals surface area (Å²) in [6, 6.07) is 8.67. The van der Waals surface area contributed by atoms with Crippen LogP contribution in [0.25, 0.3) is 16.9 Å². The van der Waals surface area contributed by atoms with Gasteiger partial charge >= 0.3 is 6.36 Å². The molecule has 0 bridgehead atoms. The van der Waals surface area contributed by atoms with Crippen molar-refractivity contribution in [1.29, 1.82) is 0 Å². The number of rotatable bonds is 4. The Morgan fingerprint density at radius 3 is 2.67 bits per heavy atom. The van der Waals surface area contributed by atoms with E-state index < -0.39 is 18.0 Å². The number of hydrogen-bond donors (Lipinski definition) is 1. The number of ether oxygens (including phenoxy) is 1. The second-order valence-corrected chi connectivity index (χ2v) is 6.12. The molecule has 4 rings (SSSR count). The summed E-state index contributed by atoms with van der Waals surface area (Å²) >= 11 is 0. The summed E-state index contributed by atoms with van der Waals surface area (Å²) in [5.74, 6) is -0.707. The van der Waals surface area contributed by atoms with Gasteiger partial charge in [-0.1, -0.05) is 12.1 Å². The number of aryl methyl sites for hydroxylation is 1. The minimum atomic E-state index is -4.85.